The monoisotopic (exact) mass is 392 g/mol. The molecule has 28 heavy (non-hydrogen) atoms. The number of hydrogen-bond donors (Lipinski definition) is 1. The van der Waals surface area contributed by atoms with Gasteiger partial charge in [-0.1, -0.05) is 13.2 Å². The van der Waals surface area contributed by atoms with Gasteiger partial charge in [-0.15, -0.1) is 0 Å². The number of aliphatic hydroxyl groups excluding tert-OH is 1. The van der Waals surface area contributed by atoms with E-state index in [0.717, 1.165) is 0 Å². The fourth-order valence-corrected chi connectivity index (χ4v) is 3.75. The van der Waals surface area contributed by atoms with Gasteiger partial charge in [0.05, 0.1) is 18.6 Å². The predicted molar refractivity (Wildman–Crippen MR) is 96.1 cm³/mol. The maximum atomic E-state index is 12.2. The number of rotatable bonds is 4. The molecule has 1 spiro atoms. The van der Waals surface area contributed by atoms with Crippen LogP contribution in [0.15, 0.2) is 36.0 Å². The van der Waals surface area contributed by atoms with E-state index in [9.17, 15) is 19.5 Å². The number of carbonyl (C=O) groups excluding carboxylic acids is 3. The van der Waals surface area contributed by atoms with Gasteiger partial charge in [-0.25, -0.2) is 9.59 Å². The van der Waals surface area contributed by atoms with Gasteiger partial charge in [0.2, 0.25) is 0 Å². The zero-order chi connectivity index (χ0) is 20.6. The lowest BCUT2D eigenvalue weighted by atomic mass is 9.80. The van der Waals surface area contributed by atoms with E-state index in [1.165, 1.54) is 20.1 Å². The molecule has 2 fully saturated rings. The van der Waals surface area contributed by atoms with E-state index in [2.05, 4.69) is 13.2 Å². The molecule has 0 bridgehead atoms. The number of hydrogen-bond acceptors (Lipinski definition) is 8. The number of esters is 2. The van der Waals surface area contributed by atoms with Crippen molar-refractivity contribution in [1.82, 2.24) is 0 Å². The molecule has 1 N–H and O–H groups in total. The lowest BCUT2D eigenvalue weighted by Crippen LogP contribution is -2.47. The van der Waals surface area contributed by atoms with Gasteiger partial charge >= 0.3 is 11.9 Å². The Morgan fingerprint density at radius 2 is 2.14 bits per heavy atom. The Morgan fingerprint density at radius 3 is 2.68 bits per heavy atom. The quantitative estimate of drug-likeness (QED) is 0.321. The van der Waals surface area contributed by atoms with E-state index in [4.69, 9.17) is 18.9 Å². The molecule has 0 radical (unpaired) electrons. The maximum absolute atomic E-state index is 12.2. The highest BCUT2D eigenvalue weighted by molar-refractivity contribution is 5.92. The van der Waals surface area contributed by atoms with E-state index in [0.29, 0.717) is 19.1 Å². The lowest BCUT2D eigenvalue weighted by molar-refractivity contribution is -0.152. The van der Waals surface area contributed by atoms with Gasteiger partial charge in [0, 0.05) is 23.8 Å². The number of ether oxygens (including phenoxy) is 4. The van der Waals surface area contributed by atoms with E-state index >= 15 is 0 Å². The average molecular weight is 392 g/mol. The molecule has 2 saturated heterocycles. The fourth-order valence-electron chi connectivity index (χ4n) is 3.75. The van der Waals surface area contributed by atoms with Crippen molar-refractivity contribution in [2.45, 2.75) is 49.8 Å². The standard InChI is InChI=1S/C20H24O8/c1-10(2)18(23)27-14-7-12(8-21)13(25-4)5-6-20(9-26-20)17(22)16-15(14)11(3)19(24)28-16/h7-8,13-17,22H,1,3,5-6,9H2,2,4H3. The molecular formula is C20H24O8. The van der Waals surface area contributed by atoms with Crippen LogP contribution in [0.2, 0.25) is 0 Å². The molecule has 3 aliphatic rings. The average Bonchev–Trinajstić information content (AvgIpc) is 3.39. The molecule has 0 aromatic rings. The SMILES string of the molecule is C=C(C)C(=O)OC1C=C(C=O)C(OC)CCC2(CO2)C(O)C2OC(=O)C(=C)C12. The third-order valence-electron chi connectivity index (χ3n) is 5.55. The maximum Gasteiger partial charge on any atom is 0.334 e. The van der Waals surface area contributed by atoms with Crippen molar-refractivity contribution in [3.63, 3.8) is 0 Å². The predicted octanol–water partition coefficient (Wildman–Crippen LogP) is 0.636. The van der Waals surface area contributed by atoms with Gasteiger partial charge in [-0.2, -0.15) is 0 Å². The molecule has 0 saturated carbocycles. The van der Waals surface area contributed by atoms with E-state index in [1.807, 2.05) is 0 Å². The molecule has 0 aromatic carbocycles. The van der Waals surface area contributed by atoms with Crippen LogP contribution in [0.25, 0.3) is 0 Å². The summed E-state index contributed by atoms with van der Waals surface area (Å²) in [6.07, 6.45) is -0.958. The smallest absolute Gasteiger partial charge is 0.334 e. The first-order valence-electron chi connectivity index (χ1n) is 9.02. The van der Waals surface area contributed by atoms with Crippen molar-refractivity contribution < 1.29 is 38.4 Å². The van der Waals surface area contributed by atoms with Crippen molar-refractivity contribution in [3.8, 4) is 0 Å². The third-order valence-corrected chi connectivity index (χ3v) is 5.55. The number of fused-ring (bicyclic) bond motifs is 1. The van der Waals surface area contributed by atoms with Crippen molar-refractivity contribution in [2.75, 3.05) is 13.7 Å². The molecule has 2 aliphatic heterocycles. The normalized spacial score (nSPS) is 37.5. The first kappa shape index (κ1) is 20.4. The summed E-state index contributed by atoms with van der Waals surface area (Å²) in [7, 11) is 1.46. The zero-order valence-corrected chi connectivity index (χ0v) is 15.9. The Balaban J connectivity index is 2.09. The number of aldehydes is 1. The second kappa shape index (κ2) is 7.62. The summed E-state index contributed by atoms with van der Waals surface area (Å²) < 4.78 is 21.8. The number of epoxide rings is 1. The topological polar surface area (TPSA) is 112 Å². The Hall–Kier alpha value is -2.29. The van der Waals surface area contributed by atoms with Crippen molar-refractivity contribution in [2.24, 2.45) is 5.92 Å². The highest BCUT2D eigenvalue weighted by Gasteiger charge is 2.60. The first-order chi connectivity index (χ1) is 13.2. The highest BCUT2D eigenvalue weighted by Crippen LogP contribution is 2.45. The molecule has 8 heteroatoms. The molecule has 1 aliphatic carbocycles. The van der Waals surface area contributed by atoms with Crippen molar-refractivity contribution in [3.05, 3.63) is 36.0 Å². The van der Waals surface area contributed by atoms with Gasteiger partial charge in [-0.3, -0.25) is 4.79 Å². The summed E-state index contributed by atoms with van der Waals surface area (Å²) in [5, 5.41) is 10.9. The summed E-state index contributed by atoms with van der Waals surface area (Å²) in [5.74, 6) is -2.27. The van der Waals surface area contributed by atoms with Crippen molar-refractivity contribution in [1.29, 1.82) is 0 Å². The van der Waals surface area contributed by atoms with Crippen LogP contribution in [-0.2, 0) is 33.3 Å². The molecule has 6 unspecified atom stereocenters. The van der Waals surface area contributed by atoms with E-state index < -0.39 is 47.9 Å². The van der Waals surface area contributed by atoms with Gasteiger partial charge in [0.15, 0.2) is 0 Å². The van der Waals surface area contributed by atoms with Crippen LogP contribution in [0, 0.1) is 5.92 Å². The molecule has 0 amide bonds. The van der Waals surface area contributed by atoms with E-state index in [1.54, 1.807) is 0 Å². The second-order valence-corrected chi connectivity index (χ2v) is 7.42. The summed E-state index contributed by atoms with van der Waals surface area (Å²) in [5.41, 5.74) is -0.439. The molecule has 152 valence electrons. The molecule has 0 aromatic heterocycles. The van der Waals surface area contributed by atoms with Gasteiger partial charge < -0.3 is 24.1 Å². The number of methoxy groups -OCH3 is 1. The summed E-state index contributed by atoms with van der Waals surface area (Å²) in [6.45, 7) is 9.07. The Morgan fingerprint density at radius 1 is 1.46 bits per heavy atom. The summed E-state index contributed by atoms with van der Waals surface area (Å²) in [6, 6.07) is 0. The summed E-state index contributed by atoms with van der Waals surface area (Å²) in [4.78, 5) is 36.1. The zero-order valence-electron chi connectivity index (χ0n) is 15.9. The number of aliphatic hydroxyl groups is 1. The van der Waals surface area contributed by atoms with E-state index in [-0.39, 0.29) is 23.3 Å². The third kappa shape index (κ3) is 3.55. The molecule has 2 heterocycles. The molecular weight excluding hydrogens is 368 g/mol. The summed E-state index contributed by atoms with van der Waals surface area (Å²) >= 11 is 0. The first-order valence-corrected chi connectivity index (χ1v) is 9.02. The minimum Gasteiger partial charge on any atom is -0.455 e. The van der Waals surface area contributed by atoms with Crippen LogP contribution in [0.1, 0.15) is 19.8 Å². The molecule has 6 atom stereocenters. The lowest BCUT2D eigenvalue weighted by Gasteiger charge is -2.33. The van der Waals surface area contributed by atoms with Crippen LogP contribution in [0.3, 0.4) is 0 Å². The van der Waals surface area contributed by atoms with Crippen LogP contribution in [0.5, 0.6) is 0 Å². The Labute approximate surface area is 162 Å². The molecule has 8 nitrogen and oxygen atoms in total. The minimum absolute atomic E-state index is 0.0513. The van der Waals surface area contributed by atoms with Gasteiger partial charge in [0.1, 0.15) is 30.2 Å². The van der Waals surface area contributed by atoms with Crippen LogP contribution in [-0.4, -0.2) is 67.1 Å². The van der Waals surface area contributed by atoms with Crippen LogP contribution >= 0.6 is 0 Å². The highest BCUT2D eigenvalue weighted by atomic mass is 16.6. The van der Waals surface area contributed by atoms with Gasteiger partial charge in [-0.05, 0) is 25.8 Å². The van der Waals surface area contributed by atoms with Crippen molar-refractivity contribution >= 4 is 18.2 Å². The fraction of sp³-hybridized carbons (Fsp3) is 0.550. The Bertz CT molecular complexity index is 747. The number of carbonyl (C=O) groups is 3. The van der Waals surface area contributed by atoms with Crippen LogP contribution < -0.4 is 0 Å². The minimum atomic E-state index is -1.14. The van der Waals surface area contributed by atoms with Gasteiger partial charge in [0.25, 0.3) is 0 Å². The Kier molecular flexibility index (Phi) is 5.56. The molecule has 3 rings (SSSR count). The van der Waals surface area contributed by atoms with Crippen LogP contribution in [0.4, 0.5) is 0 Å². The second-order valence-electron chi connectivity index (χ2n) is 7.42. The largest absolute Gasteiger partial charge is 0.455 e.